The zero-order chi connectivity index (χ0) is 27.0. The van der Waals surface area contributed by atoms with Crippen molar-refractivity contribution in [2.45, 2.75) is 97.4 Å². The Labute approximate surface area is 249 Å². The van der Waals surface area contributed by atoms with Crippen molar-refractivity contribution in [2.24, 2.45) is 0 Å². The number of hydrogen-bond donors (Lipinski definition) is 1. The summed E-state index contributed by atoms with van der Waals surface area (Å²) >= 11 is 1.81. The molecule has 39 heavy (non-hydrogen) atoms. The summed E-state index contributed by atoms with van der Waals surface area (Å²) in [6, 6.07) is 12.3. The number of rotatable bonds is 18. The van der Waals surface area contributed by atoms with Gasteiger partial charge in [-0.1, -0.05) is 102 Å². The lowest BCUT2D eigenvalue weighted by atomic mass is 10.1. The first-order valence-electron chi connectivity index (χ1n) is 14.4. The average molecular weight is 622 g/mol. The number of carbonyl (C=O) groups is 1. The quantitative estimate of drug-likeness (QED) is 0.168. The van der Waals surface area contributed by atoms with Crippen molar-refractivity contribution in [3.8, 4) is 5.75 Å². The van der Waals surface area contributed by atoms with Gasteiger partial charge in [0.2, 0.25) is 0 Å². The second kappa shape index (κ2) is 19.1. The molecule has 3 rings (SSSR count). The molecule has 0 unspecified atom stereocenters. The van der Waals surface area contributed by atoms with Crippen molar-refractivity contribution in [3.63, 3.8) is 0 Å². The predicted molar refractivity (Wildman–Crippen MR) is 169 cm³/mol. The zero-order valence-corrected chi connectivity index (χ0v) is 26.2. The Bertz CT molecular complexity index is 1030. The molecule has 216 valence electrons. The lowest BCUT2D eigenvalue weighted by Gasteiger charge is -2.18. The van der Waals surface area contributed by atoms with Gasteiger partial charge in [0.25, 0.3) is 5.91 Å². The third kappa shape index (κ3) is 12.0. The second-order valence-electron chi connectivity index (χ2n) is 10.2. The number of nitrogens with zero attached hydrogens (tertiary/aromatic N) is 1. The Morgan fingerprint density at radius 3 is 2.21 bits per heavy atom. The Balaban J connectivity index is 0.00000533. The fourth-order valence-electron chi connectivity index (χ4n) is 4.75. The van der Waals surface area contributed by atoms with E-state index in [4.69, 9.17) is 4.74 Å². The number of halogens is 2. The fraction of sp³-hybridized carbons (Fsp3) is 0.531. The molecule has 1 aliphatic heterocycles. The van der Waals surface area contributed by atoms with E-state index in [9.17, 15) is 9.18 Å². The molecule has 4 nitrogen and oxygen atoms in total. The van der Waals surface area contributed by atoms with Crippen molar-refractivity contribution in [1.82, 2.24) is 4.90 Å². The van der Waals surface area contributed by atoms with E-state index in [1.807, 2.05) is 24.3 Å². The molecule has 7 heteroatoms. The normalized spacial score (nSPS) is 12.7. The molecule has 0 spiro atoms. The molecular weight excluding hydrogens is 575 g/mol. The smallest absolute Gasteiger partial charge is 0.259 e. The summed E-state index contributed by atoms with van der Waals surface area (Å²) < 4.78 is 20.5. The van der Waals surface area contributed by atoms with Gasteiger partial charge in [0.05, 0.1) is 18.0 Å². The van der Waals surface area contributed by atoms with E-state index in [1.165, 1.54) is 75.2 Å². The van der Waals surface area contributed by atoms with Gasteiger partial charge in [-0.05, 0) is 42.0 Å². The molecule has 0 aliphatic carbocycles. The molecule has 1 aliphatic rings. The highest BCUT2D eigenvalue weighted by molar-refractivity contribution is 8.93. The lowest BCUT2D eigenvalue weighted by Crippen LogP contribution is -2.18. The summed E-state index contributed by atoms with van der Waals surface area (Å²) in [4.78, 5) is 16.7. The molecule has 0 bridgehead atoms. The van der Waals surface area contributed by atoms with Crippen LogP contribution in [0, 0.1) is 5.82 Å². The first-order chi connectivity index (χ1) is 18.6. The van der Waals surface area contributed by atoms with Crippen LogP contribution in [0.3, 0.4) is 0 Å². The Hall–Kier alpha value is -1.99. The summed E-state index contributed by atoms with van der Waals surface area (Å²) in [6.07, 6.45) is 17.2. The minimum atomic E-state index is -0.500. The van der Waals surface area contributed by atoms with Gasteiger partial charge in [-0.2, -0.15) is 0 Å². The second-order valence-corrected chi connectivity index (χ2v) is 11.4. The van der Waals surface area contributed by atoms with Gasteiger partial charge in [0, 0.05) is 18.4 Å². The highest BCUT2D eigenvalue weighted by atomic mass is 79.9. The van der Waals surface area contributed by atoms with E-state index in [0.29, 0.717) is 13.2 Å². The molecule has 1 heterocycles. The number of benzene rings is 2. The van der Waals surface area contributed by atoms with Crippen LogP contribution in [0.25, 0.3) is 0 Å². The average Bonchev–Trinajstić information content (AvgIpc) is 3.33. The number of ether oxygens (including phenoxy) is 1. The molecule has 1 N–H and O–H groups in total. The monoisotopic (exact) mass is 620 g/mol. The van der Waals surface area contributed by atoms with Gasteiger partial charge in [-0.15, -0.1) is 28.7 Å². The van der Waals surface area contributed by atoms with E-state index in [1.54, 1.807) is 23.9 Å². The van der Waals surface area contributed by atoms with Gasteiger partial charge < -0.3 is 15.0 Å². The lowest BCUT2D eigenvalue weighted by molar-refractivity contribution is 0.102. The molecule has 0 saturated heterocycles. The topological polar surface area (TPSA) is 41.6 Å². The van der Waals surface area contributed by atoms with E-state index in [-0.39, 0.29) is 34.2 Å². The summed E-state index contributed by atoms with van der Waals surface area (Å²) in [5, 5.41) is 2.99. The largest absolute Gasteiger partial charge is 0.490 e. The predicted octanol–water partition coefficient (Wildman–Crippen LogP) is 10.1. The van der Waals surface area contributed by atoms with Crippen LogP contribution < -0.4 is 10.1 Å². The standard InChI is InChI=1S/C32H45FN2O2S.BrH/c1-3-4-5-6-7-8-9-10-11-12-13-16-22-37-31-28(19-17-20-29(31)33)32(36)34-30-21-15-14-18-27(30)24-35-23-26(2)38-25-35;/h14-15,17-21,23H,3-13,16,22,24-25H2,1-2H3,(H,34,36);1H. The molecule has 0 atom stereocenters. The highest BCUT2D eigenvalue weighted by Crippen LogP contribution is 2.29. The summed E-state index contributed by atoms with van der Waals surface area (Å²) in [5.74, 6) is 0.0820. The number of unbranched alkanes of at least 4 members (excludes halogenated alkanes) is 11. The van der Waals surface area contributed by atoms with Gasteiger partial charge >= 0.3 is 0 Å². The third-order valence-corrected chi connectivity index (χ3v) is 7.94. The number of nitrogens with one attached hydrogen (secondary N) is 1. The number of allylic oxidation sites excluding steroid dienone is 1. The van der Waals surface area contributed by atoms with Crippen molar-refractivity contribution >= 4 is 40.3 Å². The summed E-state index contributed by atoms with van der Waals surface area (Å²) in [5.41, 5.74) is 1.98. The first-order valence-corrected chi connectivity index (χ1v) is 15.4. The molecular formula is C32H46BrFN2O2S. The summed E-state index contributed by atoms with van der Waals surface area (Å²) in [6.45, 7) is 5.47. The Morgan fingerprint density at radius 2 is 1.56 bits per heavy atom. The number of anilines is 1. The van der Waals surface area contributed by atoms with E-state index in [2.05, 4.69) is 30.3 Å². The van der Waals surface area contributed by atoms with Crippen molar-refractivity contribution in [3.05, 3.63) is 70.5 Å². The fourth-order valence-corrected chi connectivity index (χ4v) is 5.51. The van der Waals surface area contributed by atoms with E-state index < -0.39 is 5.82 Å². The summed E-state index contributed by atoms with van der Waals surface area (Å²) in [7, 11) is 0. The Kier molecular flexibility index (Phi) is 16.3. The number of thioether (sulfide) groups is 1. The Morgan fingerprint density at radius 1 is 0.923 bits per heavy atom. The van der Waals surface area contributed by atoms with Crippen LogP contribution in [0.5, 0.6) is 5.75 Å². The van der Waals surface area contributed by atoms with Crippen molar-refractivity contribution in [2.75, 3.05) is 17.8 Å². The molecule has 0 aromatic heterocycles. The van der Waals surface area contributed by atoms with Crippen molar-refractivity contribution < 1.29 is 13.9 Å². The maximum Gasteiger partial charge on any atom is 0.259 e. The van der Waals surface area contributed by atoms with Crippen LogP contribution >= 0.6 is 28.7 Å². The number of para-hydroxylation sites is 2. The molecule has 1 amide bonds. The van der Waals surface area contributed by atoms with Crippen LogP contribution in [0.1, 0.15) is 107 Å². The van der Waals surface area contributed by atoms with Gasteiger partial charge in [-0.3, -0.25) is 4.79 Å². The molecule has 0 saturated carbocycles. The maximum absolute atomic E-state index is 14.7. The molecule has 2 aromatic rings. The first kappa shape index (κ1) is 33.2. The van der Waals surface area contributed by atoms with E-state index >= 15 is 0 Å². The van der Waals surface area contributed by atoms with Crippen LogP contribution in [-0.2, 0) is 6.54 Å². The molecule has 0 fully saturated rings. The van der Waals surface area contributed by atoms with E-state index in [0.717, 1.165) is 30.0 Å². The maximum atomic E-state index is 14.7. The zero-order valence-electron chi connectivity index (χ0n) is 23.7. The van der Waals surface area contributed by atoms with Gasteiger partial charge in [0.15, 0.2) is 11.6 Å². The molecule has 2 aromatic carbocycles. The number of amides is 1. The van der Waals surface area contributed by atoms with Crippen molar-refractivity contribution in [1.29, 1.82) is 0 Å². The van der Waals surface area contributed by atoms with Crippen LogP contribution in [0.4, 0.5) is 10.1 Å². The number of carbonyl (C=O) groups excluding carboxylic acids is 1. The number of hydrogen-bond acceptors (Lipinski definition) is 4. The van der Waals surface area contributed by atoms with Crippen LogP contribution in [0.2, 0.25) is 0 Å². The van der Waals surface area contributed by atoms with Crippen LogP contribution in [0.15, 0.2) is 53.6 Å². The highest BCUT2D eigenvalue weighted by Gasteiger charge is 2.19. The SMILES string of the molecule is Br.CCCCCCCCCCCCCCOc1c(F)cccc1C(=O)Nc1ccccc1CN1C=C(C)SC1. The molecule has 0 radical (unpaired) electrons. The minimum absolute atomic E-state index is 0. The minimum Gasteiger partial charge on any atom is -0.490 e. The van der Waals surface area contributed by atoms with Gasteiger partial charge in [0.1, 0.15) is 0 Å². The van der Waals surface area contributed by atoms with Gasteiger partial charge in [-0.25, -0.2) is 4.39 Å². The third-order valence-electron chi connectivity index (χ3n) is 6.92. The van der Waals surface area contributed by atoms with Crippen LogP contribution in [-0.4, -0.2) is 23.3 Å².